The summed E-state index contributed by atoms with van der Waals surface area (Å²) in [5.41, 5.74) is 1.21. The molecule has 0 fully saturated rings. The van der Waals surface area contributed by atoms with Gasteiger partial charge in [0.05, 0.1) is 5.69 Å². The number of rotatable bonds is 5. The van der Waals surface area contributed by atoms with E-state index in [4.69, 9.17) is 0 Å². The van der Waals surface area contributed by atoms with E-state index < -0.39 is 0 Å². The monoisotopic (exact) mass is 223 g/mol. The van der Waals surface area contributed by atoms with Crippen LogP contribution >= 0.6 is 0 Å². The van der Waals surface area contributed by atoms with Gasteiger partial charge in [-0.25, -0.2) is 4.39 Å². The van der Waals surface area contributed by atoms with Crippen LogP contribution in [0.1, 0.15) is 38.2 Å². The van der Waals surface area contributed by atoms with E-state index in [2.05, 4.69) is 12.2 Å². The smallest absolute Gasteiger partial charge is 0.224 e. The Morgan fingerprint density at radius 1 is 1.38 bits per heavy atom. The molecule has 88 valence electrons. The Labute approximate surface area is 95.9 Å². The molecule has 0 aliphatic heterocycles. The van der Waals surface area contributed by atoms with Crippen LogP contribution in [-0.2, 0) is 4.79 Å². The molecule has 0 aliphatic rings. The molecule has 0 saturated heterocycles. The lowest BCUT2D eigenvalue weighted by atomic mass is 10.2. The maximum absolute atomic E-state index is 13.3. The van der Waals surface area contributed by atoms with E-state index in [1.165, 1.54) is 6.07 Å². The lowest BCUT2D eigenvalue weighted by Crippen LogP contribution is -2.12. The Morgan fingerprint density at radius 2 is 2.12 bits per heavy atom. The molecule has 16 heavy (non-hydrogen) atoms. The number of aryl methyl sites for hydroxylation is 1. The second-order valence-corrected chi connectivity index (χ2v) is 3.99. The Kier molecular flexibility index (Phi) is 4.96. The number of carbonyl (C=O) groups excluding carboxylic acids is 1. The van der Waals surface area contributed by atoms with Gasteiger partial charge in [0.15, 0.2) is 0 Å². The van der Waals surface area contributed by atoms with Gasteiger partial charge in [0, 0.05) is 6.42 Å². The highest BCUT2D eigenvalue weighted by molar-refractivity contribution is 5.90. The van der Waals surface area contributed by atoms with Gasteiger partial charge in [-0.3, -0.25) is 4.79 Å². The summed E-state index contributed by atoms with van der Waals surface area (Å²) in [4.78, 5) is 11.5. The van der Waals surface area contributed by atoms with E-state index in [9.17, 15) is 9.18 Å². The Bertz CT molecular complexity index is 363. The molecular weight excluding hydrogens is 205 g/mol. The minimum atomic E-state index is -0.380. The van der Waals surface area contributed by atoms with E-state index >= 15 is 0 Å². The van der Waals surface area contributed by atoms with Crippen molar-refractivity contribution in [2.24, 2.45) is 0 Å². The summed E-state index contributed by atoms with van der Waals surface area (Å²) in [6.07, 6.45) is 3.42. The average molecular weight is 223 g/mol. The molecule has 0 unspecified atom stereocenters. The van der Waals surface area contributed by atoms with Crippen LogP contribution in [0.3, 0.4) is 0 Å². The fourth-order valence-electron chi connectivity index (χ4n) is 1.48. The highest BCUT2D eigenvalue weighted by atomic mass is 19.1. The molecule has 0 aliphatic carbocycles. The van der Waals surface area contributed by atoms with Crippen molar-refractivity contribution in [3.05, 3.63) is 29.6 Å². The first kappa shape index (κ1) is 12.7. The van der Waals surface area contributed by atoms with Gasteiger partial charge in [-0.05, 0) is 31.0 Å². The minimum Gasteiger partial charge on any atom is -0.324 e. The third-order valence-corrected chi connectivity index (χ3v) is 2.40. The number of unbranched alkanes of at least 4 members (excludes halogenated alkanes) is 2. The molecule has 0 spiro atoms. The summed E-state index contributed by atoms with van der Waals surface area (Å²) < 4.78 is 13.3. The zero-order valence-electron chi connectivity index (χ0n) is 9.85. The number of anilines is 1. The van der Waals surface area contributed by atoms with Crippen molar-refractivity contribution in [2.75, 3.05) is 5.32 Å². The van der Waals surface area contributed by atoms with E-state index in [0.29, 0.717) is 6.42 Å². The summed E-state index contributed by atoms with van der Waals surface area (Å²) in [6.45, 7) is 3.95. The third kappa shape index (κ3) is 4.01. The summed E-state index contributed by atoms with van der Waals surface area (Å²) in [7, 11) is 0. The fourth-order valence-corrected chi connectivity index (χ4v) is 1.48. The van der Waals surface area contributed by atoms with Gasteiger partial charge in [-0.1, -0.05) is 25.8 Å². The number of hydrogen-bond donors (Lipinski definition) is 1. The maximum atomic E-state index is 13.3. The number of amides is 1. The van der Waals surface area contributed by atoms with Gasteiger partial charge < -0.3 is 5.32 Å². The Balaban J connectivity index is 2.52. The highest BCUT2D eigenvalue weighted by Crippen LogP contribution is 2.16. The van der Waals surface area contributed by atoms with Crippen molar-refractivity contribution >= 4 is 11.6 Å². The maximum Gasteiger partial charge on any atom is 0.224 e. The van der Waals surface area contributed by atoms with Gasteiger partial charge in [-0.2, -0.15) is 0 Å². The summed E-state index contributed by atoms with van der Waals surface area (Å²) >= 11 is 0. The number of nitrogens with one attached hydrogen (secondary N) is 1. The summed E-state index contributed by atoms with van der Waals surface area (Å²) in [5.74, 6) is -0.493. The second-order valence-electron chi connectivity index (χ2n) is 3.99. The number of carbonyl (C=O) groups is 1. The lowest BCUT2D eigenvalue weighted by Gasteiger charge is -2.06. The van der Waals surface area contributed by atoms with Crippen LogP contribution < -0.4 is 5.32 Å². The highest BCUT2D eigenvalue weighted by Gasteiger charge is 2.06. The molecule has 1 aromatic carbocycles. The standard InChI is InChI=1S/C13H18FNO/c1-3-4-5-6-13(16)15-12-9-10(2)7-8-11(12)14/h7-9H,3-6H2,1-2H3,(H,15,16). The zero-order valence-corrected chi connectivity index (χ0v) is 9.85. The van der Waals surface area contributed by atoms with Crippen molar-refractivity contribution in [1.82, 2.24) is 0 Å². The van der Waals surface area contributed by atoms with Crippen LogP contribution in [0.5, 0.6) is 0 Å². The van der Waals surface area contributed by atoms with Crippen LogP contribution in [0.4, 0.5) is 10.1 Å². The molecule has 1 rings (SSSR count). The molecule has 0 radical (unpaired) electrons. The Hall–Kier alpha value is -1.38. The summed E-state index contributed by atoms with van der Waals surface area (Å²) in [5, 5.41) is 2.60. The van der Waals surface area contributed by atoms with Crippen LogP contribution in [0.2, 0.25) is 0 Å². The molecule has 2 nitrogen and oxygen atoms in total. The van der Waals surface area contributed by atoms with Crippen molar-refractivity contribution in [3.8, 4) is 0 Å². The SMILES string of the molecule is CCCCCC(=O)Nc1cc(C)ccc1F. The molecule has 0 atom stereocenters. The van der Waals surface area contributed by atoms with Crippen molar-refractivity contribution < 1.29 is 9.18 Å². The number of hydrogen-bond acceptors (Lipinski definition) is 1. The number of benzene rings is 1. The molecule has 1 N–H and O–H groups in total. The Morgan fingerprint density at radius 3 is 2.81 bits per heavy atom. The third-order valence-electron chi connectivity index (χ3n) is 2.40. The zero-order chi connectivity index (χ0) is 12.0. The molecule has 0 heterocycles. The number of halogens is 1. The second kappa shape index (κ2) is 6.26. The van der Waals surface area contributed by atoms with Crippen molar-refractivity contribution in [3.63, 3.8) is 0 Å². The van der Waals surface area contributed by atoms with Gasteiger partial charge >= 0.3 is 0 Å². The average Bonchev–Trinajstić information content (AvgIpc) is 2.24. The van der Waals surface area contributed by atoms with Crippen LogP contribution in [0.15, 0.2) is 18.2 Å². The minimum absolute atomic E-state index is 0.113. The molecular formula is C13H18FNO. The molecule has 0 saturated carbocycles. The summed E-state index contributed by atoms with van der Waals surface area (Å²) in [6, 6.07) is 4.70. The first-order valence-electron chi connectivity index (χ1n) is 5.69. The first-order chi connectivity index (χ1) is 7.63. The molecule has 1 aromatic rings. The molecule has 0 aromatic heterocycles. The van der Waals surface area contributed by atoms with Gasteiger partial charge in [0.1, 0.15) is 5.82 Å². The molecule has 1 amide bonds. The predicted molar refractivity (Wildman–Crippen MR) is 63.9 cm³/mol. The molecule has 0 bridgehead atoms. The van der Waals surface area contributed by atoms with E-state index in [1.54, 1.807) is 12.1 Å². The van der Waals surface area contributed by atoms with Gasteiger partial charge in [0.2, 0.25) is 5.91 Å². The van der Waals surface area contributed by atoms with E-state index in [0.717, 1.165) is 24.8 Å². The van der Waals surface area contributed by atoms with Crippen LogP contribution in [0.25, 0.3) is 0 Å². The largest absolute Gasteiger partial charge is 0.324 e. The topological polar surface area (TPSA) is 29.1 Å². The lowest BCUT2D eigenvalue weighted by molar-refractivity contribution is -0.116. The quantitative estimate of drug-likeness (QED) is 0.758. The van der Waals surface area contributed by atoms with Crippen molar-refractivity contribution in [1.29, 1.82) is 0 Å². The van der Waals surface area contributed by atoms with Crippen LogP contribution in [-0.4, -0.2) is 5.91 Å². The van der Waals surface area contributed by atoms with Crippen molar-refractivity contribution in [2.45, 2.75) is 39.5 Å². The predicted octanol–water partition coefficient (Wildman–Crippen LogP) is 3.65. The van der Waals surface area contributed by atoms with E-state index in [-0.39, 0.29) is 17.4 Å². The normalized spacial score (nSPS) is 10.2. The van der Waals surface area contributed by atoms with Crippen LogP contribution in [0, 0.1) is 12.7 Å². The van der Waals surface area contributed by atoms with Gasteiger partial charge in [0.25, 0.3) is 0 Å². The van der Waals surface area contributed by atoms with E-state index in [1.807, 2.05) is 6.92 Å². The van der Waals surface area contributed by atoms with Gasteiger partial charge in [-0.15, -0.1) is 0 Å². The first-order valence-corrected chi connectivity index (χ1v) is 5.69. The fraction of sp³-hybridized carbons (Fsp3) is 0.462. The molecule has 3 heteroatoms.